The molecule has 0 aromatic carbocycles. The molecule has 0 bridgehead atoms. The van der Waals surface area contributed by atoms with Crippen LogP contribution in [0, 0.1) is 0 Å². The van der Waals surface area contributed by atoms with Crippen molar-refractivity contribution in [3.63, 3.8) is 0 Å². The average Bonchev–Trinajstić information content (AvgIpc) is 3.06. The molecular formula is C30H56O16. The Morgan fingerprint density at radius 2 is 0.826 bits per heavy atom. The Bertz CT molecular complexity index is 820. The molecule has 15 atom stereocenters. The molecule has 46 heavy (non-hydrogen) atoms. The molecule has 0 spiro atoms. The number of ether oxygens (including phenoxy) is 6. The van der Waals surface area contributed by atoms with Gasteiger partial charge in [-0.3, -0.25) is 0 Å². The molecule has 3 fully saturated rings. The summed E-state index contributed by atoms with van der Waals surface area (Å²) in [5.41, 5.74) is 0. The van der Waals surface area contributed by atoms with E-state index in [0.29, 0.717) is 0 Å². The fourth-order valence-electron chi connectivity index (χ4n) is 5.97. The third-order valence-electron chi connectivity index (χ3n) is 8.85. The van der Waals surface area contributed by atoms with Crippen LogP contribution >= 0.6 is 0 Å². The number of aliphatic hydroxyl groups is 10. The molecular weight excluding hydrogens is 616 g/mol. The van der Waals surface area contributed by atoms with E-state index in [1.165, 1.54) is 38.5 Å². The predicted octanol–water partition coefficient (Wildman–Crippen LogP) is -2.63. The van der Waals surface area contributed by atoms with Crippen molar-refractivity contribution < 1.29 is 79.5 Å². The Hall–Kier alpha value is -0.640. The van der Waals surface area contributed by atoms with Gasteiger partial charge in [-0.15, -0.1) is 0 Å². The highest BCUT2D eigenvalue weighted by atomic mass is 16.8. The Labute approximate surface area is 269 Å². The van der Waals surface area contributed by atoms with Crippen molar-refractivity contribution in [3.8, 4) is 0 Å². The van der Waals surface area contributed by atoms with E-state index in [0.717, 1.165) is 25.7 Å². The van der Waals surface area contributed by atoms with E-state index in [4.69, 9.17) is 28.4 Å². The van der Waals surface area contributed by atoms with Crippen molar-refractivity contribution in [1.29, 1.82) is 0 Å². The summed E-state index contributed by atoms with van der Waals surface area (Å²) in [4.78, 5) is 0. The lowest BCUT2D eigenvalue weighted by Gasteiger charge is -2.48. The minimum Gasteiger partial charge on any atom is -0.394 e. The van der Waals surface area contributed by atoms with Crippen LogP contribution in [-0.4, -0.2) is 170 Å². The summed E-state index contributed by atoms with van der Waals surface area (Å²) in [7, 11) is 0. The number of rotatable bonds is 19. The first-order valence-electron chi connectivity index (χ1n) is 16.6. The molecule has 16 nitrogen and oxygen atoms in total. The van der Waals surface area contributed by atoms with Crippen LogP contribution in [0.25, 0.3) is 0 Å². The molecule has 0 saturated carbocycles. The molecule has 3 aliphatic rings. The molecule has 3 rings (SSSR count). The first kappa shape index (κ1) is 39.8. The topological polar surface area (TPSA) is 258 Å². The fourth-order valence-corrected chi connectivity index (χ4v) is 5.97. The van der Waals surface area contributed by atoms with Gasteiger partial charge in [-0.1, -0.05) is 64.7 Å². The van der Waals surface area contributed by atoms with Gasteiger partial charge in [0, 0.05) is 6.61 Å². The summed E-state index contributed by atoms with van der Waals surface area (Å²) < 4.78 is 33.4. The monoisotopic (exact) mass is 672 g/mol. The van der Waals surface area contributed by atoms with E-state index >= 15 is 0 Å². The van der Waals surface area contributed by atoms with E-state index in [1.807, 2.05) is 0 Å². The molecule has 3 heterocycles. The highest BCUT2D eigenvalue weighted by Gasteiger charge is 2.53. The maximum absolute atomic E-state index is 10.9. The smallest absolute Gasteiger partial charge is 0.187 e. The quantitative estimate of drug-likeness (QED) is 0.0630. The van der Waals surface area contributed by atoms with Gasteiger partial charge >= 0.3 is 0 Å². The third-order valence-corrected chi connectivity index (χ3v) is 8.85. The SMILES string of the molecule is CCCCCCCCCCCCO[C@H]1O[C@H](CO)[C@@H](O[C@H]2O[C@H](CO)[C@@H](O[C@H]3O[C@H](CO)[C@@H](O)[C@H](O)[C@H]3O)[C@H](O)[C@H]2O)[C@H](O)[C@H]1O. The van der Waals surface area contributed by atoms with Crippen LogP contribution in [0.4, 0.5) is 0 Å². The molecule has 0 amide bonds. The van der Waals surface area contributed by atoms with Gasteiger partial charge in [0.25, 0.3) is 0 Å². The Kier molecular flexibility index (Phi) is 17.4. The van der Waals surface area contributed by atoms with Gasteiger partial charge in [-0.2, -0.15) is 0 Å². The molecule has 0 aromatic heterocycles. The molecule has 3 aliphatic heterocycles. The lowest BCUT2D eigenvalue weighted by molar-refractivity contribution is -0.379. The van der Waals surface area contributed by atoms with Crippen LogP contribution in [0.3, 0.4) is 0 Å². The molecule has 0 aliphatic carbocycles. The van der Waals surface area contributed by atoms with E-state index in [-0.39, 0.29) is 6.61 Å². The summed E-state index contributed by atoms with van der Waals surface area (Å²) in [6.07, 6.45) is -12.5. The van der Waals surface area contributed by atoms with Crippen molar-refractivity contribution in [2.45, 2.75) is 163 Å². The molecule has 272 valence electrons. The standard InChI is InChI=1S/C30H56O16/c1-2-3-4-5-6-7-8-9-10-11-12-41-28-24(39)21(36)26(17(14-32)43-28)46-30-25(40)22(37)27(18(15-33)44-30)45-29-23(38)20(35)19(34)16(13-31)42-29/h16-40H,2-15H2,1H3/t16-,17-,18-,19-,20+,21-,22-,23-,24-,25-,26-,27-,28+,29-,30-/m1/s1. The van der Waals surface area contributed by atoms with Gasteiger partial charge in [-0.25, -0.2) is 0 Å². The zero-order valence-corrected chi connectivity index (χ0v) is 26.5. The van der Waals surface area contributed by atoms with Crippen LogP contribution in [0.1, 0.15) is 71.1 Å². The third kappa shape index (κ3) is 10.4. The van der Waals surface area contributed by atoms with Crippen molar-refractivity contribution >= 4 is 0 Å². The van der Waals surface area contributed by atoms with Crippen molar-refractivity contribution in [2.24, 2.45) is 0 Å². The molecule has 16 heteroatoms. The maximum atomic E-state index is 10.9. The van der Waals surface area contributed by atoms with Crippen molar-refractivity contribution in [2.75, 3.05) is 26.4 Å². The van der Waals surface area contributed by atoms with Crippen LogP contribution < -0.4 is 0 Å². The summed E-state index contributed by atoms with van der Waals surface area (Å²) in [5, 5.41) is 103. The second-order valence-electron chi connectivity index (χ2n) is 12.4. The molecule has 0 unspecified atom stereocenters. The first-order chi connectivity index (χ1) is 22.1. The Morgan fingerprint density at radius 1 is 0.435 bits per heavy atom. The maximum Gasteiger partial charge on any atom is 0.187 e. The molecule has 0 aromatic rings. The lowest BCUT2D eigenvalue weighted by Crippen LogP contribution is -2.66. The lowest BCUT2D eigenvalue weighted by atomic mass is 9.96. The molecule has 0 radical (unpaired) electrons. The predicted molar refractivity (Wildman–Crippen MR) is 157 cm³/mol. The minimum absolute atomic E-state index is 0.263. The zero-order valence-electron chi connectivity index (χ0n) is 26.5. The minimum atomic E-state index is -1.88. The Balaban J connectivity index is 1.50. The van der Waals surface area contributed by atoms with Crippen molar-refractivity contribution in [3.05, 3.63) is 0 Å². The van der Waals surface area contributed by atoms with Crippen LogP contribution in [0.15, 0.2) is 0 Å². The van der Waals surface area contributed by atoms with Gasteiger partial charge in [-0.05, 0) is 6.42 Å². The average molecular weight is 673 g/mol. The van der Waals surface area contributed by atoms with Crippen molar-refractivity contribution in [1.82, 2.24) is 0 Å². The van der Waals surface area contributed by atoms with Gasteiger partial charge < -0.3 is 79.5 Å². The number of unbranched alkanes of at least 4 members (excludes halogenated alkanes) is 9. The Morgan fingerprint density at radius 3 is 1.30 bits per heavy atom. The highest BCUT2D eigenvalue weighted by molar-refractivity contribution is 4.96. The molecule has 3 saturated heterocycles. The summed E-state index contributed by atoms with van der Waals surface area (Å²) >= 11 is 0. The van der Waals surface area contributed by atoms with Gasteiger partial charge in [0.15, 0.2) is 18.9 Å². The second kappa shape index (κ2) is 20.1. The normalized spacial score (nSPS) is 41.9. The second-order valence-corrected chi connectivity index (χ2v) is 12.4. The van der Waals surface area contributed by atoms with Crippen LogP contribution in [0.5, 0.6) is 0 Å². The van der Waals surface area contributed by atoms with E-state index in [2.05, 4.69) is 6.92 Å². The molecule has 10 N–H and O–H groups in total. The fraction of sp³-hybridized carbons (Fsp3) is 1.00. The van der Waals surface area contributed by atoms with Gasteiger partial charge in [0.1, 0.15) is 73.2 Å². The van der Waals surface area contributed by atoms with Gasteiger partial charge in [0.2, 0.25) is 0 Å². The van der Waals surface area contributed by atoms with E-state index in [1.54, 1.807) is 0 Å². The van der Waals surface area contributed by atoms with Gasteiger partial charge in [0.05, 0.1) is 19.8 Å². The van der Waals surface area contributed by atoms with E-state index < -0.39 is 112 Å². The zero-order chi connectivity index (χ0) is 33.8. The highest BCUT2D eigenvalue weighted by Crippen LogP contribution is 2.32. The number of hydrogen-bond acceptors (Lipinski definition) is 16. The summed E-state index contributed by atoms with van der Waals surface area (Å²) in [6, 6.07) is 0. The summed E-state index contributed by atoms with van der Waals surface area (Å²) in [6.45, 7) is 0.270. The number of aliphatic hydroxyl groups excluding tert-OH is 10. The largest absolute Gasteiger partial charge is 0.394 e. The van der Waals surface area contributed by atoms with Crippen LogP contribution in [0.2, 0.25) is 0 Å². The summed E-state index contributed by atoms with van der Waals surface area (Å²) in [5.74, 6) is 0. The van der Waals surface area contributed by atoms with E-state index in [9.17, 15) is 51.1 Å². The van der Waals surface area contributed by atoms with Crippen LogP contribution in [-0.2, 0) is 28.4 Å². The first-order valence-corrected chi connectivity index (χ1v) is 16.6. The number of hydrogen-bond donors (Lipinski definition) is 10.